The summed E-state index contributed by atoms with van der Waals surface area (Å²) in [6.07, 6.45) is 7.16. The third-order valence-corrected chi connectivity index (χ3v) is 13.2. The molecule has 5 aliphatic carbocycles. The Morgan fingerprint density at radius 2 is 1.02 bits per heavy atom. The molecule has 0 saturated heterocycles. The maximum absolute atomic E-state index is 2.57. The van der Waals surface area contributed by atoms with Gasteiger partial charge >= 0.3 is 0 Å². The lowest BCUT2D eigenvalue weighted by atomic mass is 9.43. The van der Waals surface area contributed by atoms with Crippen molar-refractivity contribution in [1.82, 2.24) is 0 Å². The highest BCUT2D eigenvalue weighted by atomic mass is 14.6. The second kappa shape index (κ2) is 9.48. The molecular weight excluding hydrogens is 563 g/mol. The van der Waals surface area contributed by atoms with Crippen LogP contribution in [0.25, 0.3) is 65.7 Å². The molecule has 0 unspecified atom stereocenters. The minimum absolute atomic E-state index is 0.175. The third kappa shape index (κ3) is 3.45. The lowest BCUT2D eigenvalue weighted by molar-refractivity contribution is -0.0393. The molecule has 5 aliphatic rings. The average Bonchev–Trinajstić information content (AvgIpc) is 3.41. The molecule has 12 rings (SSSR count). The first-order valence-electron chi connectivity index (χ1n) is 17.9. The predicted octanol–water partition coefficient (Wildman–Crippen LogP) is 10.5. The maximum atomic E-state index is 2.57. The molecule has 0 heterocycles. The van der Waals surface area contributed by atoms with Crippen LogP contribution in [0.5, 0.6) is 0 Å². The molecule has 1 spiro atoms. The van der Waals surface area contributed by atoms with Crippen LogP contribution in [0.15, 0.2) is 127 Å². The van der Waals surface area contributed by atoms with Crippen molar-refractivity contribution in [3.05, 3.63) is 139 Å². The van der Waals surface area contributed by atoms with Crippen LogP contribution in [0.2, 0.25) is 0 Å². The van der Waals surface area contributed by atoms with Gasteiger partial charge < -0.3 is 0 Å². The third-order valence-electron chi connectivity index (χ3n) is 13.2. The van der Waals surface area contributed by atoms with Crippen LogP contribution in [0.4, 0.5) is 0 Å². The minimum Gasteiger partial charge on any atom is -0.0735 e. The van der Waals surface area contributed by atoms with Crippen molar-refractivity contribution in [2.45, 2.75) is 37.5 Å². The lowest BCUT2D eigenvalue weighted by Crippen LogP contribution is -2.55. The van der Waals surface area contributed by atoms with E-state index >= 15 is 0 Å². The van der Waals surface area contributed by atoms with E-state index in [4.69, 9.17) is 0 Å². The van der Waals surface area contributed by atoms with Gasteiger partial charge in [0.25, 0.3) is 0 Å². The van der Waals surface area contributed by atoms with Gasteiger partial charge in [0.1, 0.15) is 7.85 Å². The highest BCUT2D eigenvalue weighted by Crippen LogP contribution is 2.70. The first-order chi connectivity index (χ1) is 23.2. The van der Waals surface area contributed by atoms with Gasteiger partial charge in [0.15, 0.2) is 0 Å². The van der Waals surface area contributed by atoms with Crippen LogP contribution in [-0.4, -0.2) is 7.85 Å². The predicted molar refractivity (Wildman–Crippen MR) is 201 cm³/mol. The van der Waals surface area contributed by atoms with Crippen molar-refractivity contribution in [1.29, 1.82) is 0 Å². The Balaban J connectivity index is 1.08. The van der Waals surface area contributed by atoms with Gasteiger partial charge in [-0.05, 0) is 139 Å². The zero-order valence-corrected chi connectivity index (χ0v) is 27.0. The molecule has 224 valence electrons. The molecule has 7 aromatic rings. The van der Waals surface area contributed by atoms with Crippen molar-refractivity contribution in [3.8, 4) is 33.4 Å². The molecule has 0 aromatic heterocycles. The monoisotopic (exact) mass is 600 g/mol. The summed E-state index contributed by atoms with van der Waals surface area (Å²) in [5.41, 5.74) is 13.1. The molecule has 0 aliphatic heterocycles. The van der Waals surface area contributed by atoms with Gasteiger partial charge in [0.2, 0.25) is 0 Å². The Labute approximate surface area is 277 Å². The fraction of sp³-hybridized carbons (Fsp3) is 0.217. The van der Waals surface area contributed by atoms with E-state index in [-0.39, 0.29) is 5.41 Å². The molecule has 4 fully saturated rings. The number of hydrogen-bond acceptors (Lipinski definition) is 0. The van der Waals surface area contributed by atoms with Crippen LogP contribution in [-0.2, 0) is 5.41 Å². The summed E-state index contributed by atoms with van der Waals surface area (Å²) in [5.74, 6) is 3.44. The molecule has 0 amide bonds. The second-order valence-electron chi connectivity index (χ2n) is 15.3. The summed E-state index contributed by atoms with van der Waals surface area (Å²) in [5, 5.41) is 8.25. The standard InChI is InChI=1S/C46H37B/c47-45-39-11-5-3-9-36(39)43(37-10-4-6-12-40(37)45)31-15-13-29(14-16-31)32-18-20-42-41(26-32)38-19-17-30-7-1-2-8-35(30)44(38)46(42)33-22-27-21-28(24-33)25-34(46)23-27/h1-20,26-28,33-34H,21-25,47H2. The SMILES string of the molecule is Bc1c2ccccc2c(-c2ccc(-c3ccc4c(c3)-c3ccc5ccccc5c3C43C4CC5CC(C4)CC3C5)cc2)c2ccccc12. The molecule has 0 atom stereocenters. The van der Waals surface area contributed by atoms with E-state index in [0.29, 0.717) is 0 Å². The molecule has 7 aromatic carbocycles. The normalized spacial score (nSPS) is 25.2. The molecule has 4 saturated carbocycles. The van der Waals surface area contributed by atoms with Gasteiger partial charge in [-0.15, -0.1) is 0 Å². The van der Waals surface area contributed by atoms with E-state index in [0.717, 1.165) is 23.7 Å². The van der Waals surface area contributed by atoms with E-state index in [2.05, 4.69) is 135 Å². The minimum atomic E-state index is 0.175. The Kier molecular flexibility index (Phi) is 5.34. The van der Waals surface area contributed by atoms with Crippen LogP contribution in [0.3, 0.4) is 0 Å². The Morgan fingerprint density at radius 3 is 1.68 bits per heavy atom. The maximum Gasteiger partial charge on any atom is 0.140 e. The van der Waals surface area contributed by atoms with Crippen LogP contribution in [0.1, 0.15) is 43.2 Å². The number of benzene rings is 7. The summed E-state index contributed by atoms with van der Waals surface area (Å²) in [4.78, 5) is 0. The number of fused-ring (bicyclic) bond motifs is 7. The van der Waals surface area contributed by atoms with Crippen LogP contribution >= 0.6 is 0 Å². The molecule has 1 heteroatoms. The van der Waals surface area contributed by atoms with E-state index in [1.165, 1.54) is 103 Å². The smallest absolute Gasteiger partial charge is 0.0735 e. The van der Waals surface area contributed by atoms with Gasteiger partial charge in [-0.25, -0.2) is 0 Å². The summed E-state index contributed by atoms with van der Waals surface area (Å²) >= 11 is 0. The summed E-state index contributed by atoms with van der Waals surface area (Å²) in [7, 11) is 2.26. The average molecular weight is 601 g/mol. The van der Waals surface area contributed by atoms with Crippen molar-refractivity contribution < 1.29 is 0 Å². The molecule has 47 heavy (non-hydrogen) atoms. The Hall–Kier alpha value is -4.62. The van der Waals surface area contributed by atoms with E-state index in [9.17, 15) is 0 Å². The zero-order valence-electron chi connectivity index (χ0n) is 27.0. The first kappa shape index (κ1) is 26.5. The van der Waals surface area contributed by atoms with E-state index in [1.807, 2.05) is 0 Å². The fourth-order valence-electron chi connectivity index (χ4n) is 11.6. The van der Waals surface area contributed by atoms with Gasteiger partial charge in [0.05, 0.1) is 0 Å². The van der Waals surface area contributed by atoms with Gasteiger partial charge in [-0.2, -0.15) is 0 Å². The molecule has 0 nitrogen and oxygen atoms in total. The Bertz CT molecular complexity index is 2350. The molecule has 4 bridgehead atoms. The lowest BCUT2D eigenvalue weighted by Gasteiger charge is -2.61. The van der Waals surface area contributed by atoms with Gasteiger partial charge in [-0.3, -0.25) is 0 Å². The van der Waals surface area contributed by atoms with E-state index in [1.54, 1.807) is 11.1 Å². The topological polar surface area (TPSA) is 0 Å². The van der Waals surface area contributed by atoms with E-state index < -0.39 is 0 Å². The van der Waals surface area contributed by atoms with Crippen molar-refractivity contribution in [2.75, 3.05) is 0 Å². The largest absolute Gasteiger partial charge is 0.140 e. The summed E-state index contributed by atoms with van der Waals surface area (Å²) in [6.45, 7) is 0. The van der Waals surface area contributed by atoms with Crippen LogP contribution < -0.4 is 5.46 Å². The summed E-state index contributed by atoms with van der Waals surface area (Å²) < 4.78 is 0. The molecule has 0 radical (unpaired) electrons. The van der Waals surface area contributed by atoms with Crippen LogP contribution in [0, 0.1) is 23.7 Å². The number of hydrogen-bond donors (Lipinski definition) is 0. The first-order valence-corrected chi connectivity index (χ1v) is 17.9. The highest BCUT2D eigenvalue weighted by molar-refractivity contribution is 6.46. The van der Waals surface area contributed by atoms with Crippen molar-refractivity contribution in [3.63, 3.8) is 0 Å². The molecular formula is C46H37B. The zero-order chi connectivity index (χ0) is 30.9. The van der Waals surface area contributed by atoms with Gasteiger partial charge in [0, 0.05) is 5.41 Å². The van der Waals surface area contributed by atoms with Gasteiger partial charge in [-0.1, -0.05) is 127 Å². The number of rotatable bonds is 2. The quantitative estimate of drug-likeness (QED) is 0.137. The molecule has 0 N–H and O–H groups in total. The fourth-order valence-corrected chi connectivity index (χ4v) is 11.6. The second-order valence-corrected chi connectivity index (χ2v) is 15.3. The van der Waals surface area contributed by atoms with Crippen molar-refractivity contribution >= 4 is 45.6 Å². The Morgan fingerprint density at radius 1 is 0.468 bits per heavy atom. The highest BCUT2D eigenvalue weighted by Gasteiger charge is 2.62. The van der Waals surface area contributed by atoms with Crippen molar-refractivity contribution in [2.24, 2.45) is 23.7 Å². The summed E-state index contributed by atoms with van der Waals surface area (Å²) in [6, 6.07) is 48.9.